The zero-order valence-corrected chi connectivity index (χ0v) is 41.5. The van der Waals surface area contributed by atoms with Crippen molar-refractivity contribution >= 4 is 11.0 Å². The Hall–Kier alpha value is -5.57. The van der Waals surface area contributed by atoms with Gasteiger partial charge in [0.05, 0.1) is 30.5 Å². The first-order valence-corrected chi connectivity index (χ1v) is 22.3. The van der Waals surface area contributed by atoms with Crippen molar-refractivity contribution in [3.8, 4) is 67.5 Å². The molecule has 0 aliphatic carbocycles. The SMILES string of the molecule is [2H]c1cc(-c2c([2H])c([2H])nc(-c3[c-]c(-c4cccc5c4nc(-c4cc(C(C)C)cc(C(C)C)c4O)n5-c4ccc(C(C)(C)CC)cc4-c4ccccc4)cc(C(C)(C)C)c3)c2[2H])c([2H])c([2H])c1C(C([2H])([2H])[2H])(C([2H])([2H])[2H])C([2H])([2H])[2H].[Pt]. The average Bonchev–Trinajstić information content (AvgIpc) is 3.88. The third-order valence-electron chi connectivity index (χ3n) is 12.6. The molecule has 0 saturated heterocycles. The van der Waals surface area contributed by atoms with Crippen LogP contribution in [-0.4, -0.2) is 19.6 Å². The minimum Gasteiger partial charge on any atom is -0.507 e. The fourth-order valence-corrected chi connectivity index (χ4v) is 8.11. The van der Waals surface area contributed by atoms with Gasteiger partial charge < -0.3 is 5.11 Å². The number of aromatic nitrogens is 3. The van der Waals surface area contributed by atoms with E-state index in [-0.39, 0.29) is 55.3 Å². The van der Waals surface area contributed by atoms with E-state index in [0.29, 0.717) is 33.5 Å². The molecule has 2 heterocycles. The van der Waals surface area contributed by atoms with E-state index in [9.17, 15) is 6.48 Å². The van der Waals surface area contributed by atoms with Crippen molar-refractivity contribution in [2.24, 2.45) is 0 Å². The minimum atomic E-state index is -3.83. The van der Waals surface area contributed by atoms with Crippen molar-refractivity contribution in [1.29, 1.82) is 0 Å². The van der Waals surface area contributed by atoms with Crippen molar-refractivity contribution in [1.82, 2.24) is 14.5 Å². The average molecular weight is 1070 g/mol. The van der Waals surface area contributed by atoms with E-state index < -0.39 is 84.5 Å². The molecule has 5 heteroatoms. The summed E-state index contributed by atoms with van der Waals surface area (Å²) in [5, 5.41) is 12.4. The molecule has 0 aliphatic heterocycles. The molecule has 8 aromatic rings. The molecule has 0 atom stereocenters. The number of rotatable bonds is 10. The Morgan fingerprint density at radius 2 is 1.42 bits per heavy atom. The van der Waals surface area contributed by atoms with Gasteiger partial charge in [0.15, 0.2) is 0 Å². The Labute approximate surface area is 430 Å². The van der Waals surface area contributed by atoms with E-state index in [1.807, 2.05) is 83.1 Å². The first-order chi connectivity index (χ1) is 37.0. The second-order valence-electron chi connectivity index (χ2n) is 19.3. The standard InChI is InChI=1S/C61H66N3O.Pt/c1-14-61(12,13)47-27-28-54(51(37-47)41-19-16-15-17-20-41)64-55-22-18-21-49(56(55)63-58(64)52-35-43(38(2)3)34-50(39(4)5)57(52)65)44-31-45(33-48(32-44)60(9,10)11)53-36-42(29-30-62-53)40-23-25-46(26-24-40)59(6,7)8;/h15-30,32-39,65H,14H2,1-13H3;/q-1;/i6D3,7D3,8D3,23D,25D,26D,29D,30D,36D;. The van der Waals surface area contributed by atoms with Crippen molar-refractivity contribution in [2.45, 2.75) is 124 Å². The van der Waals surface area contributed by atoms with E-state index >= 15 is 0 Å². The molecule has 0 unspecified atom stereocenters. The number of nitrogens with zero attached hydrogens (tertiary/aromatic N) is 3. The van der Waals surface area contributed by atoms with Crippen LogP contribution in [0.4, 0.5) is 0 Å². The first-order valence-electron chi connectivity index (χ1n) is 29.8. The number of imidazole rings is 1. The Morgan fingerprint density at radius 3 is 2.11 bits per heavy atom. The minimum absolute atomic E-state index is 0. The summed E-state index contributed by atoms with van der Waals surface area (Å²) < 4.78 is 131. The van der Waals surface area contributed by atoms with Crippen LogP contribution in [-0.2, 0) is 37.3 Å². The second kappa shape index (κ2) is 18.6. The molecule has 66 heavy (non-hydrogen) atoms. The van der Waals surface area contributed by atoms with Crippen LogP contribution < -0.4 is 0 Å². The van der Waals surface area contributed by atoms with Gasteiger partial charge in [-0.1, -0.05) is 186 Å². The monoisotopic (exact) mass is 1070 g/mol. The quantitative estimate of drug-likeness (QED) is 0.139. The van der Waals surface area contributed by atoms with E-state index in [1.165, 1.54) is 0 Å². The maximum Gasteiger partial charge on any atom is 0.148 e. The predicted octanol–water partition coefficient (Wildman–Crippen LogP) is 16.8. The van der Waals surface area contributed by atoms with Crippen molar-refractivity contribution < 1.29 is 46.7 Å². The number of pyridine rings is 1. The molecule has 342 valence electrons. The van der Waals surface area contributed by atoms with Crippen LogP contribution >= 0.6 is 0 Å². The Morgan fingerprint density at radius 1 is 0.682 bits per heavy atom. The molecular formula is C61H66N3OPt-. The van der Waals surface area contributed by atoms with Crippen molar-refractivity contribution in [3.63, 3.8) is 0 Å². The largest absolute Gasteiger partial charge is 0.507 e. The summed E-state index contributed by atoms with van der Waals surface area (Å²) in [5.41, 5.74) is 2.70. The van der Waals surface area contributed by atoms with Gasteiger partial charge in [-0.2, -0.15) is 0 Å². The molecular weight excluding hydrogens is 986 g/mol. The number of hydrogen-bond donors (Lipinski definition) is 1. The summed E-state index contributed by atoms with van der Waals surface area (Å²) in [6.45, 7) is 9.40. The van der Waals surface area contributed by atoms with Crippen LogP contribution in [0.2, 0.25) is 0 Å². The smallest absolute Gasteiger partial charge is 0.148 e. The van der Waals surface area contributed by atoms with Crippen LogP contribution in [0.25, 0.3) is 72.7 Å². The summed E-state index contributed by atoms with van der Waals surface area (Å²) in [5.74, 6) is 0.663. The van der Waals surface area contributed by atoms with Crippen LogP contribution in [0.5, 0.6) is 5.75 Å². The van der Waals surface area contributed by atoms with Crippen LogP contribution in [0, 0.1) is 6.07 Å². The predicted molar refractivity (Wildman–Crippen MR) is 275 cm³/mol. The number of hydrogen-bond acceptors (Lipinski definition) is 3. The molecule has 0 radical (unpaired) electrons. The molecule has 2 aromatic heterocycles. The summed E-state index contributed by atoms with van der Waals surface area (Å²) in [7, 11) is 0. The zero-order valence-electron chi connectivity index (χ0n) is 54.2. The summed E-state index contributed by atoms with van der Waals surface area (Å²) in [4.78, 5) is 9.95. The van der Waals surface area contributed by atoms with Gasteiger partial charge >= 0.3 is 0 Å². The van der Waals surface area contributed by atoms with Gasteiger partial charge in [0.2, 0.25) is 0 Å². The van der Waals surface area contributed by atoms with E-state index in [1.54, 1.807) is 6.07 Å². The van der Waals surface area contributed by atoms with E-state index in [0.717, 1.165) is 51.6 Å². The molecule has 0 spiro atoms. The number of benzene rings is 6. The zero-order chi connectivity index (χ0) is 59.3. The molecule has 0 amide bonds. The second-order valence-corrected chi connectivity index (χ2v) is 19.3. The van der Waals surface area contributed by atoms with Crippen LogP contribution in [0.3, 0.4) is 0 Å². The van der Waals surface area contributed by atoms with Crippen LogP contribution in [0.1, 0.15) is 156 Å². The topological polar surface area (TPSA) is 50.9 Å². The van der Waals surface area contributed by atoms with Gasteiger partial charge in [-0.3, -0.25) is 9.55 Å². The van der Waals surface area contributed by atoms with Gasteiger partial charge in [-0.15, -0.1) is 29.3 Å². The maximum atomic E-state index is 12.4. The van der Waals surface area contributed by atoms with Gasteiger partial charge in [0.1, 0.15) is 11.6 Å². The fraction of sp³-hybridized carbons (Fsp3) is 0.311. The molecule has 0 saturated carbocycles. The van der Waals surface area contributed by atoms with Gasteiger partial charge in [-0.05, 0) is 104 Å². The Bertz CT molecular complexity index is 3690. The third kappa shape index (κ3) is 9.50. The molecule has 4 nitrogen and oxygen atoms in total. The number of fused-ring (bicyclic) bond motifs is 1. The maximum absolute atomic E-state index is 12.4. The number of aromatic hydroxyl groups is 1. The Kier molecular flexibility index (Phi) is 9.07. The summed E-state index contributed by atoms with van der Waals surface area (Å²) in [6, 6.07) is 30.1. The number of para-hydroxylation sites is 1. The van der Waals surface area contributed by atoms with Gasteiger partial charge in [0.25, 0.3) is 0 Å². The number of phenolic OH excluding ortho intramolecular Hbond substituents is 1. The van der Waals surface area contributed by atoms with E-state index in [2.05, 4.69) is 86.6 Å². The van der Waals surface area contributed by atoms with Gasteiger partial charge in [0, 0.05) is 50.8 Å². The first kappa shape index (κ1) is 32.2. The Balaban J connectivity index is 0.00000946. The van der Waals surface area contributed by atoms with Gasteiger partial charge in [-0.25, -0.2) is 4.98 Å². The molecule has 0 bridgehead atoms. The third-order valence-corrected chi connectivity index (χ3v) is 12.6. The van der Waals surface area contributed by atoms with Crippen molar-refractivity contribution in [3.05, 3.63) is 167 Å². The molecule has 0 fully saturated rings. The normalized spacial score (nSPS) is 16.2. The molecule has 1 N–H and O–H groups in total. The molecule has 8 rings (SSSR count). The van der Waals surface area contributed by atoms with Crippen LogP contribution in [0.15, 0.2) is 133 Å². The van der Waals surface area contributed by atoms with E-state index in [4.69, 9.17) is 24.2 Å². The summed E-state index contributed by atoms with van der Waals surface area (Å²) >= 11 is 0. The van der Waals surface area contributed by atoms with Crippen molar-refractivity contribution in [2.75, 3.05) is 0 Å². The number of phenols is 1. The molecule has 6 aromatic carbocycles. The molecule has 0 aliphatic rings. The summed E-state index contributed by atoms with van der Waals surface area (Å²) in [6.07, 6.45) is 0.231. The fourth-order valence-electron chi connectivity index (χ4n) is 8.11.